The van der Waals surface area contributed by atoms with E-state index in [1.54, 1.807) is 29.8 Å². The Kier molecular flexibility index (Phi) is 6.29. The third-order valence-electron chi connectivity index (χ3n) is 4.51. The minimum atomic E-state index is -3.73. The van der Waals surface area contributed by atoms with Gasteiger partial charge in [0.2, 0.25) is 15.9 Å². The first-order chi connectivity index (χ1) is 13.7. The molecule has 0 aliphatic heterocycles. The van der Waals surface area contributed by atoms with Crippen LogP contribution < -0.4 is 10.0 Å². The fraction of sp³-hybridized carbons (Fsp3) is 0.350. The summed E-state index contributed by atoms with van der Waals surface area (Å²) in [7, 11) is -3.73. The van der Waals surface area contributed by atoms with E-state index in [4.69, 9.17) is 0 Å². The van der Waals surface area contributed by atoms with Crippen LogP contribution in [0.3, 0.4) is 0 Å². The predicted octanol–water partition coefficient (Wildman–Crippen LogP) is 1.68. The molecule has 1 amide bonds. The maximum absolute atomic E-state index is 12.4. The highest BCUT2D eigenvalue weighted by atomic mass is 32.2. The van der Waals surface area contributed by atoms with Crippen molar-refractivity contribution in [3.05, 3.63) is 59.0 Å². The van der Waals surface area contributed by atoms with E-state index in [9.17, 15) is 13.2 Å². The van der Waals surface area contributed by atoms with Gasteiger partial charge in [-0.05, 0) is 56.4 Å². The number of amides is 1. The van der Waals surface area contributed by atoms with Gasteiger partial charge in [-0.15, -0.1) is 0 Å². The molecular formula is C20H25N5O3S. The third kappa shape index (κ3) is 5.39. The number of carbonyl (C=O) groups is 1. The molecule has 0 atom stereocenters. The number of aryl methyl sites for hydroxylation is 4. The maximum Gasteiger partial charge on any atom is 0.241 e. The molecule has 2 N–H and O–H groups in total. The summed E-state index contributed by atoms with van der Waals surface area (Å²) < 4.78 is 29.0. The fourth-order valence-electron chi connectivity index (χ4n) is 2.98. The number of aromatic nitrogens is 3. The average Bonchev–Trinajstić information content (AvgIpc) is 3.04. The zero-order valence-corrected chi connectivity index (χ0v) is 17.6. The number of sulfonamides is 1. The Morgan fingerprint density at radius 3 is 2.76 bits per heavy atom. The van der Waals surface area contributed by atoms with Gasteiger partial charge in [-0.3, -0.25) is 4.79 Å². The second-order valence-corrected chi connectivity index (χ2v) is 8.83. The van der Waals surface area contributed by atoms with E-state index in [1.165, 1.54) is 0 Å². The molecule has 2 heterocycles. The number of hydrogen-bond acceptors (Lipinski definition) is 5. The summed E-state index contributed by atoms with van der Waals surface area (Å²) in [6.45, 7) is 5.62. The van der Waals surface area contributed by atoms with E-state index in [0.717, 1.165) is 28.9 Å². The highest BCUT2D eigenvalue weighted by molar-refractivity contribution is 7.89. The van der Waals surface area contributed by atoms with E-state index in [-0.39, 0.29) is 17.3 Å². The van der Waals surface area contributed by atoms with Crippen LogP contribution in [0.15, 0.2) is 41.6 Å². The first kappa shape index (κ1) is 20.9. The van der Waals surface area contributed by atoms with E-state index in [0.29, 0.717) is 18.5 Å². The summed E-state index contributed by atoms with van der Waals surface area (Å²) in [5.41, 5.74) is 4.21. The SMILES string of the molecule is Cc1ccc(C)c(S(=O)(=O)NCC(=O)NCCCc2cnc3cc(C)nn3c2)c1. The maximum atomic E-state index is 12.4. The molecule has 3 aromatic rings. The highest BCUT2D eigenvalue weighted by Gasteiger charge is 2.18. The van der Waals surface area contributed by atoms with Gasteiger partial charge in [-0.25, -0.2) is 22.6 Å². The molecule has 0 aliphatic carbocycles. The lowest BCUT2D eigenvalue weighted by Gasteiger charge is -2.10. The van der Waals surface area contributed by atoms with E-state index in [2.05, 4.69) is 20.1 Å². The average molecular weight is 416 g/mol. The molecule has 0 spiro atoms. The van der Waals surface area contributed by atoms with Crippen LogP contribution in [0.2, 0.25) is 0 Å². The normalized spacial score (nSPS) is 11.7. The van der Waals surface area contributed by atoms with Gasteiger partial charge >= 0.3 is 0 Å². The van der Waals surface area contributed by atoms with Crippen LogP contribution in [-0.4, -0.2) is 42.0 Å². The van der Waals surface area contributed by atoms with Crippen LogP contribution in [0, 0.1) is 20.8 Å². The summed E-state index contributed by atoms with van der Waals surface area (Å²) >= 11 is 0. The van der Waals surface area contributed by atoms with Gasteiger partial charge in [0.25, 0.3) is 0 Å². The zero-order chi connectivity index (χ0) is 21.0. The number of carbonyl (C=O) groups excluding carboxylic acids is 1. The zero-order valence-electron chi connectivity index (χ0n) is 16.8. The van der Waals surface area contributed by atoms with Crippen LogP contribution >= 0.6 is 0 Å². The lowest BCUT2D eigenvalue weighted by Crippen LogP contribution is -2.37. The van der Waals surface area contributed by atoms with Gasteiger partial charge in [0.1, 0.15) is 0 Å². The highest BCUT2D eigenvalue weighted by Crippen LogP contribution is 2.16. The van der Waals surface area contributed by atoms with Gasteiger partial charge in [0.05, 0.1) is 17.1 Å². The largest absolute Gasteiger partial charge is 0.355 e. The molecule has 3 rings (SSSR count). The second-order valence-electron chi connectivity index (χ2n) is 7.10. The Morgan fingerprint density at radius 2 is 1.97 bits per heavy atom. The van der Waals surface area contributed by atoms with Gasteiger partial charge in [0.15, 0.2) is 5.65 Å². The number of benzene rings is 1. The summed E-state index contributed by atoms with van der Waals surface area (Å²) in [4.78, 5) is 16.5. The Hall–Kier alpha value is -2.78. The molecule has 0 unspecified atom stereocenters. The number of rotatable bonds is 8. The van der Waals surface area contributed by atoms with Crippen molar-refractivity contribution in [1.29, 1.82) is 0 Å². The van der Waals surface area contributed by atoms with Crippen LogP contribution in [0.1, 0.15) is 28.8 Å². The van der Waals surface area contributed by atoms with E-state index in [1.807, 2.05) is 32.2 Å². The second kappa shape index (κ2) is 8.71. The van der Waals surface area contributed by atoms with Gasteiger partial charge in [0, 0.05) is 25.0 Å². The van der Waals surface area contributed by atoms with E-state index >= 15 is 0 Å². The Balaban J connectivity index is 1.45. The number of nitrogens with one attached hydrogen (secondary N) is 2. The predicted molar refractivity (Wildman–Crippen MR) is 110 cm³/mol. The molecule has 1 aromatic carbocycles. The standard InChI is InChI=1S/C20H25N5O3S/c1-14-6-7-15(2)18(9-14)29(27,28)23-12-20(26)21-8-4-5-17-11-22-19-10-16(3)24-25(19)13-17/h6-7,9-11,13,23H,4-5,8,12H2,1-3H3,(H,21,26). The van der Waals surface area contributed by atoms with Crippen LogP contribution in [0.4, 0.5) is 0 Å². The number of nitrogens with zero attached hydrogens (tertiary/aromatic N) is 3. The first-order valence-electron chi connectivity index (χ1n) is 9.39. The molecule has 0 radical (unpaired) electrons. The van der Waals surface area contributed by atoms with Crippen molar-refractivity contribution in [2.24, 2.45) is 0 Å². The molecule has 0 bridgehead atoms. The Labute approximate surface area is 170 Å². The van der Waals surface area contributed by atoms with E-state index < -0.39 is 10.0 Å². The fourth-order valence-corrected chi connectivity index (χ4v) is 4.29. The molecule has 2 aromatic heterocycles. The van der Waals surface area contributed by atoms with Crippen molar-refractivity contribution < 1.29 is 13.2 Å². The van der Waals surface area contributed by atoms with Crippen molar-refractivity contribution in [2.75, 3.05) is 13.1 Å². The summed E-state index contributed by atoms with van der Waals surface area (Å²) in [6, 6.07) is 7.10. The molecular weight excluding hydrogens is 390 g/mol. The summed E-state index contributed by atoms with van der Waals surface area (Å²) in [5, 5.41) is 7.07. The van der Waals surface area contributed by atoms with Crippen molar-refractivity contribution in [3.63, 3.8) is 0 Å². The third-order valence-corrected chi connectivity index (χ3v) is 6.05. The van der Waals surface area contributed by atoms with Crippen molar-refractivity contribution >= 4 is 21.6 Å². The van der Waals surface area contributed by atoms with Crippen LogP contribution in [0.5, 0.6) is 0 Å². The van der Waals surface area contributed by atoms with Crippen LogP contribution in [0.25, 0.3) is 5.65 Å². The summed E-state index contributed by atoms with van der Waals surface area (Å²) in [5.74, 6) is -0.366. The molecule has 0 saturated carbocycles. The topological polar surface area (TPSA) is 105 Å². The minimum absolute atomic E-state index is 0.196. The molecule has 29 heavy (non-hydrogen) atoms. The molecule has 8 nitrogen and oxygen atoms in total. The van der Waals surface area contributed by atoms with Gasteiger partial charge in [-0.1, -0.05) is 12.1 Å². The quantitative estimate of drug-likeness (QED) is 0.545. The molecule has 9 heteroatoms. The molecule has 0 saturated heterocycles. The lowest BCUT2D eigenvalue weighted by atomic mass is 10.2. The lowest BCUT2D eigenvalue weighted by molar-refractivity contribution is -0.119. The molecule has 0 aliphatic rings. The Bertz CT molecular complexity index is 1140. The van der Waals surface area contributed by atoms with Crippen LogP contribution in [-0.2, 0) is 21.2 Å². The number of fused-ring (bicyclic) bond motifs is 1. The first-order valence-corrected chi connectivity index (χ1v) is 10.9. The summed E-state index contributed by atoms with van der Waals surface area (Å²) in [6.07, 6.45) is 5.17. The Morgan fingerprint density at radius 1 is 1.17 bits per heavy atom. The molecule has 0 fully saturated rings. The monoisotopic (exact) mass is 415 g/mol. The smallest absolute Gasteiger partial charge is 0.241 e. The van der Waals surface area contributed by atoms with Gasteiger partial charge < -0.3 is 5.32 Å². The van der Waals surface area contributed by atoms with Crippen molar-refractivity contribution in [3.8, 4) is 0 Å². The van der Waals surface area contributed by atoms with Crippen molar-refractivity contribution in [1.82, 2.24) is 24.6 Å². The van der Waals surface area contributed by atoms with Crippen molar-refractivity contribution in [2.45, 2.75) is 38.5 Å². The van der Waals surface area contributed by atoms with Gasteiger partial charge in [-0.2, -0.15) is 5.10 Å². The minimum Gasteiger partial charge on any atom is -0.355 e. The molecule has 154 valence electrons. The number of hydrogen-bond donors (Lipinski definition) is 2.